The van der Waals surface area contributed by atoms with Gasteiger partial charge in [-0.1, -0.05) is 12.1 Å². The summed E-state index contributed by atoms with van der Waals surface area (Å²) in [5.74, 6) is -0.703. The SMILES string of the molecule is O=C(CCCN1C(=O)c2ccccc2C1=O)NCc1cn2ccsc2n1. The van der Waals surface area contributed by atoms with E-state index in [4.69, 9.17) is 0 Å². The van der Waals surface area contributed by atoms with E-state index in [-0.39, 0.29) is 30.7 Å². The molecule has 3 amide bonds. The van der Waals surface area contributed by atoms with E-state index in [2.05, 4.69) is 10.3 Å². The van der Waals surface area contributed by atoms with Gasteiger partial charge in [-0.15, -0.1) is 11.3 Å². The zero-order valence-corrected chi connectivity index (χ0v) is 14.7. The number of imidazole rings is 1. The Labute approximate surface area is 153 Å². The maximum atomic E-state index is 12.2. The normalized spacial score (nSPS) is 13.5. The lowest BCUT2D eigenvalue weighted by Crippen LogP contribution is -2.32. The number of aromatic nitrogens is 2. The van der Waals surface area contributed by atoms with Crippen molar-refractivity contribution in [3.63, 3.8) is 0 Å². The molecule has 1 N–H and O–H groups in total. The van der Waals surface area contributed by atoms with Gasteiger partial charge in [0.15, 0.2) is 4.96 Å². The number of nitrogens with zero attached hydrogens (tertiary/aromatic N) is 3. The number of amides is 3. The van der Waals surface area contributed by atoms with E-state index in [0.29, 0.717) is 24.1 Å². The molecule has 0 bridgehead atoms. The molecule has 4 rings (SSSR count). The zero-order valence-electron chi connectivity index (χ0n) is 13.8. The predicted molar refractivity (Wildman–Crippen MR) is 96.0 cm³/mol. The van der Waals surface area contributed by atoms with E-state index in [9.17, 15) is 14.4 Å². The molecule has 7 nitrogen and oxygen atoms in total. The van der Waals surface area contributed by atoms with E-state index in [1.807, 2.05) is 22.2 Å². The summed E-state index contributed by atoms with van der Waals surface area (Å²) < 4.78 is 1.91. The van der Waals surface area contributed by atoms with Crippen molar-refractivity contribution in [2.75, 3.05) is 6.54 Å². The molecule has 1 aromatic carbocycles. The van der Waals surface area contributed by atoms with Crippen molar-refractivity contribution in [3.8, 4) is 0 Å². The summed E-state index contributed by atoms with van der Waals surface area (Å²) in [6.45, 7) is 0.597. The molecule has 0 fully saturated rings. The fourth-order valence-corrected chi connectivity index (χ4v) is 3.70. The minimum atomic E-state index is -0.288. The highest BCUT2D eigenvalue weighted by Crippen LogP contribution is 2.22. The van der Waals surface area contributed by atoms with E-state index < -0.39 is 0 Å². The number of benzene rings is 1. The minimum absolute atomic E-state index is 0.127. The van der Waals surface area contributed by atoms with Crippen LogP contribution in [0.15, 0.2) is 42.0 Å². The standard InChI is InChI=1S/C18H16N4O3S/c23-15(19-10-12-11-21-8-9-26-18(21)20-12)6-3-7-22-16(24)13-4-1-2-5-14(13)17(22)25/h1-2,4-5,8-9,11H,3,6-7,10H2,(H,19,23). The van der Waals surface area contributed by atoms with Gasteiger partial charge in [-0.25, -0.2) is 4.98 Å². The number of nitrogens with one attached hydrogen (secondary N) is 1. The smallest absolute Gasteiger partial charge is 0.261 e. The average Bonchev–Trinajstić information content (AvgIpc) is 3.29. The fraction of sp³-hybridized carbons (Fsp3) is 0.222. The summed E-state index contributed by atoms with van der Waals surface area (Å²) in [6.07, 6.45) is 4.47. The quantitative estimate of drug-likeness (QED) is 0.675. The summed E-state index contributed by atoms with van der Waals surface area (Å²) in [6, 6.07) is 6.78. The topological polar surface area (TPSA) is 83.8 Å². The largest absolute Gasteiger partial charge is 0.350 e. The van der Waals surface area contributed by atoms with Gasteiger partial charge in [0.1, 0.15) is 0 Å². The Morgan fingerprint density at radius 1 is 1.15 bits per heavy atom. The monoisotopic (exact) mass is 368 g/mol. The predicted octanol–water partition coefficient (Wildman–Crippen LogP) is 2.09. The summed E-state index contributed by atoms with van der Waals surface area (Å²) in [4.78, 5) is 43.0. The molecule has 0 saturated heterocycles. The number of hydrogen-bond acceptors (Lipinski definition) is 5. The van der Waals surface area contributed by atoms with Crippen molar-refractivity contribution in [2.24, 2.45) is 0 Å². The molecule has 1 aliphatic rings. The molecular formula is C18H16N4O3S. The van der Waals surface area contributed by atoms with Crippen molar-refractivity contribution in [2.45, 2.75) is 19.4 Å². The van der Waals surface area contributed by atoms with Crippen LogP contribution in [0, 0.1) is 0 Å². The lowest BCUT2D eigenvalue weighted by atomic mass is 10.1. The molecule has 2 aromatic heterocycles. The zero-order chi connectivity index (χ0) is 18.1. The minimum Gasteiger partial charge on any atom is -0.350 e. The van der Waals surface area contributed by atoms with Gasteiger partial charge in [-0.2, -0.15) is 0 Å². The summed E-state index contributed by atoms with van der Waals surface area (Å²) in [5.41, 5.74) is 1.66. The molecule has 26 heavy (non-hydrogen) atoms. The van der Waals surface area contributed by atoms with E-state index >= 15 is 0 Å². The first-order valence-corrected chi connectivity index (χ1v) is 9.14. The molecular weight excluding hydrogens is 352 g/mol. The highest BCUT2D eigenvalue weighted by molar-refractivity contribution is 7.15. The highest BCUT2D eigenvalue weighted by Gasteiger charge is 2.34. The third-order valence-electron chi connectivity index (χ3n) is 4.27. The Kier molecular flexibility index (Phi) is 4.26. The number of hydrogen-bond donors (Lipinski definition) is 1. The first kappa shape index (κ1) is 16.5. The lowest BCUT2D eigenvalue weighted by Gasteiger charge is -2.13. The number of rotatable bonds is 6. The third-order valence-corrected chi connectivity index (χ3v) is 5.04. The molecule has 0 aliphatic carbocycles. The first-order chi connectivity index (χ1) is 12.6. The Balaban J connectivity index is 1.26. The molecule has 8 heteroatoms. The molecule has 0 spiro atoms. The van der Waals surface area contributed by atoms with Gasteiger partial charge in [-0.3, -0.25) is 23.7 Å². The fourth-order valence-electron chi connectivity index (χ4n) is 2.98. The van der Waals surface area contributed by atoms with Gasteiger partial charge in [0, 0.05) is 30.7 Å². The highest BCUT2D eigenvalue weighted by atomic mass is 32.1. The number of thiazole rings is 1. The van der Waals surface area contributed by atoms with Crippen LogP contribution >= 0.6 is 11.3 Å². The van der Waals surface area contributed by atoms with Gasteiger partial charge in [0.2, 0.25) is 5.91 Å². The van der Waals surface area contributed by atoms with E-state index in [1.54, 1.807) is 24.3 Å². The van der Waals surface area contributed by atoms with Crippen molar-refractivity contribution in [3.05, 3.63) is 58.9 Å². The number of fused-ring (bicyclic) bond motifs is 2. The molecule has 132 valence electrons. The molecule has 3 heterocycles. The van der Waals surface area contributed by atoms with Crippen LogP contribution in [-0.4, -0.2) is 38.6 Å². The van der Waals surface area contributed by atoms with Crippen molar-refractivity contribution in [1.82, 2.24) is 19.6 Å². The Hall–Kier alpha value is -3.00. The summed E-state index contributed by atoms with van der Waals surface area (Å²) >= 11 is 1.54. The first-order valence-electron chi connectivity index (χ1n) is 8.26. The average molecular weight is 368 g/mol. The van der Waals surface area contributed by atoms with Crippen LogP contribution < -0.4 is 5.32 Å². The number of imide groups is 1. The van der Waals surface area contributed by atoms with Gasteiger partial charge in [0.25, 0.3) is 11.8 Å². The van der Waals surface area contributed by atoms with Crippen LogP contribution in [0.5, 0.6) is 0 Å². The van der Waals surface area contributed by atoms with Gasteiger partial charge in [-0.05, 0) is 18.6 Å². The van der Waals surface area contributed by atoms with Crippen molar-refractivity contribution < 1.29 is 14.4 Å². The second-order valence-corrected chi connectivity index (χ2v) is 6.89. The molecule has 0 saturated carbocycles. The van der Waals surface area contributed by atoms with Crippen molar-refractivity contribution >= 4 is 34.0 Å². The summed E-state index contributed by atoms with van der Waals surface area (Å²) in [7, 11) is 0. The van der Waals surface area contributed by atoms with Crippen molar-refractivity contribution in [1.29, 1.82) is 0 Å². The number of carbonyl (C=O) groups is 3. The van der Waals surface area contributed by atoms with E-state index in [0.717, 1.165) is 10.7 Å². The molecule has 0 unspecified atom stereocenters. The Morgan fingerprint density at radius 2 is 1.88 bits per heavy atom. The Bertz CT molecular complexity index is 943. The van der Waals surface area contributed by atoms with Crippen LogP contribution in [-0.2, 0) is 11.3 Å². The second-order valence-electron chi connectivity index (χ2n) is 6.01. The Morgan fingerprint density at radius 3 is 2.58 bits per heavy atom. The maximum absolute atomic E-state index is 12.2. The molecule has 0 radical (unpaired) electrons. The van der Waals surface area contributed by atoms with Crippen LogP contribution in [0.3, 0.4) is 0 Å². The van der Waals surface area contributed by atoms with Crippen LogP contribution in [0.2, 0.25) is 0 Å². The van der Waals surface area contributed by atoms with E-state index in [1.165, 1.54) is 16.2 Å². The van der Waals surface area contributed by atoms with Gasteiger partial charge >= 0.3 is 0 Å². The number of carbonyl (C=O) groups excluding carboxylic acids is 3. The second kappa shape index (κ2) is 6.72. The molecule has 3 aromatic rings. The molecule has 0 atom stereocenters. The summed E-state index contributed by atoms with van der Waals surface area (Å²) in [5, 5.41) is 4.76. The third kappa shape index (κ3) is 2.99. The van der Waals surface area contributed by atoms with Crippen LogP contribution in [0.25, 0.3) is 4.96 Å². The van der Waals surface area contributed by atoms with Crippen LogP contribution in [0.1, 0.15) is 39.3 Å². The molecule has 1 aliphatic heterocycles. The lowest BCUT2D eigenvalue weighted by molar-refractivity contribution is -0.121. The van der Waals surface area contributed by atoms with Crippen LogP contribution in [0.4, 0.5) is 0 Å². The van der Waals surface area contributed by atoms with Gasteiger partial charge < -0.3 is 5.32 Å². The maximum Gasteiger partial charge on any atom is 0.261 e. The van der Waals surface area contributed by atoms with Gasteiger partial charge in [0.05, 0.1) is 23.4 Å².